The number of methoxy groups -OCH3 is 1. The first-order valence-corrected chi connectivity index (χ1v) is 12.0. The number of esters is 2. The number of hydrogen-bond donors (Lipinski definition) is 1. The minimum absolute atomic E-state index is 0.236. The highest BCUT2D eigenvalue weighted by Gasteiger charge is 2.28. The van der Waals surface area contributed by atoms with Crippen molar-refractivity contribution in [1.82, 2.24) is 4.90 Å². The van der Waals surface area contributed by atoms with Gasteiger partial charge in [-0.2, -0.15) is 0 Å². The molecule has 3 rings (SSSR count). The Bertz CT molecular complexity index is 998. The largest absolute Gasteiger partial charge is 0.497 e. The van der Waals surface area contributed by atoms with Crippen molar-refractivity contribution in [2.24, 2.45) is 0 Å². The lowest BCUT2D eigenvalue weighted by Gasteiger charge is -2.37. The third kappa shape index (κ3) is 5.75. The van der Waals surface area contributed by atoms with E-state index in [9.17, 15) is 9.59 Å². The Hall–Kier alpha value is -2.85. The van der Waals surface area contributed by atoms with Crippen LogP contribution in [0.4, 0.5) is 10.7 Å². The summed E-state index contributed by atoms with van der Waals surface area (Å²) in [5, 5.41) is 4.18. The maximum absolute atomic E-state index is 12.6. The Morgan fingerprint density at radius 1 is 1.03 bits per heavy atom. The Balaban J connectivity index is 1.71. The predicted molar refractivity (Wildman–Crippen MR) is 134 cm³/mol. The second-order valence-electron chi connectivity index (χ2n) is 7.30. The van der Waals surface area contributed by atoms with E-state index in [0.717, 1.165) is 49.0 Å². The van der Waals surface area contributed by atoms with Gasteiger partial charge in [-0.1, -0.05) is 0 Å². The van der Waals surface area contributed by atoms with Gasteiger partial charge in [0.05, 0.1) is 25.9 Å². The van der Waals surface area contributed by atoms with Gasteiger partial charge in [0.25, 0.3) is 0 Å². The van der Waals surface area contributed by atoms with Crippen LogP contribution < -0.4 is 15.0 Å². The minimum atomic E-state index is -0.489. The van der Waals surface area contributed by atoms with Gasteiger partial charge < -0.3 is 29.3 Å². The Morgan fingerprint density at radius 2 is 1.64 bits per heavy atom. The average molecular weight is 492 g/mol. The molecule has 0 unspecified atom stereocenters. The minimum Gasteiger partial charge on any atom is -0.497 e. The van der Waals surface area contributed by atoms with Crippen LogP contribution in [0.25, 0.3) is 0 Å². The maximum Gasteiger partial charge on any atom is 0.348 e. The SMILES string of the molecule is CCOC(=O)c1sc(NC(=S)N2CCN(c3ccc(OC)cc3)CC2)c(C(=O)OCC)c1C. The van der Waals surface area contributed by atoms with E-state index in [4.69, 9.17) is 26.4 Å². The molecule has 0 saturated carbocycles. The fraction of sp³-hybridized carbons (Fsp3) is 0.435. The van der Waals surface area contributed by atoms with Gasteiger partial charge in [0.2, 0.25) is 0 Å². The number of nitrogens with one attached hydrogen (secondary N) is 1. The molecule has 0 amide bonds. The summed E-state index contributed by atoms with van der Waals surface area (Å²) >= 11 is 6.80. The van der Waals surface area contributed by atoms with Gasteiger partial charge in [-0.15, -0.1) is 11.3 Å². The molecule has 8 nitrogen and oxygen atoms in total. The number of rotatable bonds is 7. The van der Waals surface area contributed by atoms with Crippen molar-refractivity contribution in [3.63, 3.8) is 0 Å². The van der Waals surface area contributed by atoms with Crippen LogP contribution in [0.5, 0.6) is 5.75 Å². The van der Waals surface area contributed by atoms with Gasteiger partial charge in [0.1, 0.15) is 15.6 Å². The molecule has 0 atom stereocenters. The number of piperazine rings is 1. The first-order valence-electron chi connectivity index (χ1n) is 10.8. The van der Waals surface area contributed by atoms with E-state index >= 15 is 0 Å². The summed E-state index contributed by atoms with van der Waals surface area (Å²) in [7, 11) is 1.65. The van der Waals surface area contributed by atoms with Crippen LogP contribution in [0.1, 0.15) is 39.4 Å². The zero-order chi connectivity index (χ0) is 24.0. The molecule has 0 bridgehead atoms. The summed E-state index contributed by atoms with van der Waals surface area (Å²) in [6.07, 6.45) is 0. The topological polar surface area (TPSA) is 80.3 Å². The number of benzene rings is 1. The molecule has 178 valence electrons. The fourth-order valence-electron chi connectivity index (χ4n) is 3.58. The number of thiophene rings is 1. The molecule has 1 aromatic heterocycles. The van der Waals surface area contributed by atoms with Gasteiger partial charge in [-0.3, -0.25) is 0 Å². The lowest BCUT2D eigenvalue weighted by Crippen LogP contribution is -2.50. The average Bonchev–Trinajstić information content (AvgIpc) is 3.15. The standard InChI is InChI=1S/C23H29N3O5S2/c1-5-30-21(27)18-15(3)19(22(28)31-6-2)33-20(18)24-23(32)26-13-11-25(12-14-26)16-7-9-17(29-4)10-8-16/h7-10H,5-6,11-14H2,1-4H3,(H,24,32). The lowest BCUT2D eigenvalue weighted by molar-refractivity contribution is 0.0527. The molecule has 1 N–H and O–H groups in total. The molecule has 1 aliphatic heterocycles. The van der Waals surface area contributed by atoms with Crippen molar-refractivity contribution >= 4 is 51.3 Å². The molecule has 1 aliphatic rings. The van der Waals surface area contributed by atoms with Crippen molar-refractivity contribution in [3.05, 3.63) is 40.3 Å². The normalized spacial score (nSPS) is 13.5. The molecule has 1 aromatic carbocycles. The number of carbonyl (C=O) groups is 2. The lowest BCUT2D eigenvalue weighted by atomic mass is 10.1. The molecule has 0 aliphatic carbocycles. The van der Waals surface area contributed by atoms with Crippen molar-refractivity contribution < 1.29 is 23.8 Å². The molecule has 0 spiro atoms. The first kappa shape index (κ1) is 24.8. The van der Waals surface area contributed by atoms with Crippen LogP contribution in [0, 0.1) is 6.92 Å². The summed E-state index contributed by atoms with van der Waals surface area (Å²) in [6, 6.07) is 7.99. The summed E-state index contributed by atoms with van der Waals surface area (Å²) in [5.41, 5.74) is 1.99. The molecule has 33 heavy (non-hydrogen) atoms. The number of hydrogen-bond acceptors (Lipinski definition) is 8. The molecule has 0 radical (unpaired) electrons. The van der Waals surface area contributed by atoms with E-state index in [2.05, 4.69) is 15.1 Å². The van der Waals surface area contributed by atoms with Gasteiger partial charge in [-0.05, 0) is 62.8 Å². The van der Waals surface area contributed by atoms with E-state index in [1.807, 2.05) is 24.3 Å². The highest BCUT2D eigenvalue weighted by molar-refractivity contribution is 7.80. The molecule has 1 fully saturated rings. The van der Waals surface area contributed by atoms with Gasteiger partial charge in [0, 0.05) is 31.9 Å². The van der Waals surface area contributed by atoms with Crippen LogP contribution in [0.3, 0.4) is 0 Å². The monoisotopic (exact) mass is 491 g/mol. The first-order chi connectivity index (χ1) is 15.9. The van der Waals surface area contributed by atoms with Crippen LogP contribution in [-0.4, -0.2) is 68.5 Å². The fourth-order valence-corrected chi connectivity index (χ4v) is 5.02. The van der Waals surface area contributed by atoms with Crippen molar-refractivity contribution in [2.45, 2.75) is 20.8 Å². The highest BCUT2D eigenvalue weighted by Crippen LogP contribution is 2.34. The summed E-state index contributed by atoms with van der Waals surface area (Å²) in [5.74, 6) is -0.123. The molecule has 10 heteroatoms. The molecule has 1 saturated heterocycles. The van der Waals surface area contributed by atoms with E-state index in [0.29, 0.717) is 26.1 Å². The molecular weight excluding hydrogens is 462 g/mol. The van der Waals surface area contributed by atoms with Crippen molar-refractivity contribution in [1.29, 1.82) is 0 Å². The predicted octanol–water partition coefficient (Wildman–Crippen LogP) is 3.94. The Kier molecular flexibility index (Phi) is 8.51. The maximum atomic E-state index is 12.6. The highest BCUT2D eigenvalue weighted by atomic mass is 32.1. The molecule has 2 aromatic rings. The van der Waals surface area contributed by atoms with Crippen molar-refractivity contribution in [3.8, 4) is 5.75 Å². The number of thiocarbonyl (C=S) groups is 1. The van der Waals surface area contributed by atoms with E-state index in [-0.39, 0.29) is 13.2 Å². The quantitative estimate of drug-likeness (QED) is 0.458. The second kappa shape index (κ2) is 11.3. The Morgan fingerprint density at radius 3 is 2.21 bits per heavy atom. The molecular formula is C23H29N3O5S2. The summed E-state index contributed by atoms with van der Waals surface area (Å²) in [6.45, 7) is 8.75. The van der Waals surface area contributed by atoms with E-state index < -0.39 is 11.9 Å². The second-order valence-corrected chi connectivity index (χ2v) is 8.71. The zero-order valence-electron chi connectivity index (χ0n) is 19.3. The zero-order valence-corrected chi connectivity index (χ0v) is 20.9. The van der Waals surface area contributed by atoms with Gasteiger partial charge in [0.15, 0.2) is 5.11 Å². The third-order valence-corrected chi connectivity index (χ3v) is 6.86. The number of carbonyl (C=O) groups excluding carboxylic acids is 2. The number of nitrogens with zero attached hydrogens (tertiary/aromatic N) is 2. The van der Waals surface area contributed by atoms with Crippen LogP contribution in [-0.2, 0) is 9.47 Å². The third-order valence-electron chi connectivity index (χ3n) is 5.31. The van der Waals surface area contributed by atoms with Crippen molar-refractivity contribution in [2.75, 3.05) is 56.7 Å². The van der Waals surface area contributed by atoms with Gasteiger partial charge >= 0.3 is 11.9 Å². The van der Waals surface area contributed by atoms with Crippen LogP contribution in [0.2, 0.25) is 0 Å². The number of ether oxygens (including phenoxy) is 3. The van der Waals surface area contributed by atoms with Crippen LogP contribution >= 0.6 is 23.6 Å². The van der Waals surface area contributed by atoms with E-state index in [1.54, 1.807) is 27.9 Å². The van der Waals surface area contributed by atoms with E-state index in [1.165, 1.54) is 0 Å². The molecule has 2 heterocycles. The Labute approximate surface area is 203 Å². The number of anilines is 2. The summed E-state index contributed by atoms with van der Waals surface area (Å²) < 4.78 is 15.6. The van der Waals surface area contributed by atoms with Crippen LogP contribution in [0.15, 0.2) is 24.3 Å². The summed E-state index contributed by atoms with van der Waals surface area (Å²) in [4.78, 5) is 29.7. The van der Waals surface area contributed by atoms with Gasteiger partial charge in [-0.25, -0.2) is 9.59 Å². The smallest absolute Gasteiger partial charge is 0.348 e.